The number of nitrogens with one attached hydrogen (secondary N) is 1. The molecule has 1 fully saturated rings. The molecule has 6 heteroatoms. The first kappa shape index (κ1) is 12.1. The number of anilines is 1. The van der Waals surface area contributed by atoms with Gasteiger partial charge in [0.15, 0.2) is 5.82 Å². The number of nitrogens with zero attached hydrogens (tertiary/aromatic N) is 3. The molecule has 0 aliphatic carbocycles. The van der Waals surface area contributed by atoms with E-state index in [1.807, 2.05) is 23.1 Å². The Morgan fingerprint density at radius 3 is 2.95 bits per heavy atom. The third kappa shape index (κ3) is 2.73. The van der Waals surface area contributed by atoms with Crippen molar-refractivity contribution in [2.24, 2.45) is 0 Å². The van der Waals surface area contributed by atoms with Crippen LogP contribution in [0.4, 0.5) is 10.6 Å². The molecule has 1 aromatic heterocycles. The van der Waals surface area contributed by atoms with Gasteiger partial charge in [0.05, 0.1) is 17.9 Å². The molecule has 0 radical (unpaired) electrons. The van der Waals surface area contributed by atoms with Gasteiger partial charge in [-0.3, -0.25) is 5.32 Å². The second-order valence-electron chi connectivity index (χ2n) is 4.57. The predicted molar refractivity (Wildman–Crippen MR) is 74.3 cm³/mol. The van der Waals surface area contributed by atoms with Crippen molar-refractivity contribution in [2.45, 2.75) is 12.3 Å². The monoisotopic (exact) mass is 274 g/mol. The Hall–Kier alpha value is -1.95. The smallest absolute Gasteiger partial charge is 0.323 e. The van der Waals surface area contributed by atoms with Crippen LogP contribution in [0.1, 0.15) is 17.9 Å². The van der Waals surface area contributed by atoms with Gasteiger partial charge < -0.3 is 4.90 Å². The minimum Gasteiger partial charge on any atom is -0.324 e. The summed E-state index contributed by atoms with van der Waals surface area (Å²) in [6, 6.07) is 10.2. The highest BCUT2D eigenvalue weighted by Gasteiger charge is 2.27. The number of amides is 2. The number of hydrogen-bond acceptors (Lipinski definition) is 4. The highest BCUT2D eigenvalue weighted by atomic mass is 32.1. The quantitative estimate of drug-likeness (QED) is 0.915. The Kier molecular flexibility index (Phi) is 3.41. The van der Waals surface area contributed by atoms with E-state index < -0.39 is 0 Å². The van der Waals surface area contributed by atoms with E-state index in [1.54, 1.807) is 6.20 Å². The second-order valence-corrected chi connectivity index (χ2v) is 5.12. The van der Waals surface area contributed by atoms with Gasteiger partial charge >= 0.3 is 6.03 Å². The third-order valence-electron chi connectivity index (χ3n) is 3.34. The number of carbonyl (C=O) groups excluding carboxylic acids is 1. The Labute approximate surface area is 115 Å². The van der Waals surface area contributed by atoms with Crippen molar-refractivity contribution in [3.63, 3.8) is 0 Å². The zero-order chi connectivity index (χ0) is 13.1. The topological polar surface area (TPSA) is 58.1 Å². The summed E-state index contributed by atoms with van der Waals surface area (Å²) in [5, 5.41) is 2.76. The Balaban J connectivity index is 1.61. The molecule has 5 nitrogen and oxygen atoms in total. The summed E-state index contributed by atoms with van der Waals surface area (Å²) in [4.78, 5) is 13.9. The average Bonchev–Trinajstić information content (AvgIpc) is 3.10. The highest BCUT2D eigenvalue weighted by molar-refractivity contribution is 6.99. The van der Waals surface area contributed by atoms with E-state index >= 15 is 0 Å². The van der Waals surface area contributed by atoms with Gasteiger partial charge in [0.1, 0.15) is 0 Å². The van der Waals surface area contributed by atoms with Crippen molar-refractivity contribution in [3.05, 3.63) is 42.1 Å². The van der Waals surface area contributed by atoms with Crippen molar-refractivity contribution in [1.82, 2.24) is 13.6 Å². The van der Waals surface area contributed by atoms with Crippen LogP contribution in [0.25, 0.3) is 0 Å². The van der Waals surface area contributed by atoms with Crippen LogP contribution < -0.4 is 5.32 Å². The molecule has 3 rings (SSSR count). The first-order valence-electron chi connectivity index (χ1n) is 6.21. The minimum absolute atomic E-state index is 0.0915. The molecule has 0 saturated carbocycles. The minimum atomic E-state index is -0.0915. The van der Waals surface area contributed by atoms with Gasteiger partial charge in [0, 0.05) is 19.0 Å². The van der Waals surface area contributed by atoms with Crippen LogP contribution in [0.5, 0.6) is 0 Å². The molecule has 2 heterocycles. The first-order valence-corrected chi connectivity index (χ1v) is 6.94. The number of benzene rings is 1. The molecule has 1 saturated heterocycles. The van der Waals surface area contributed by atoms with Crippen molar-refractivity contribution >= 4 is 23.6 Å². The van der Waals surface area contributed by atoms with Crippen molar-refractivity contribution in [1.29, 1.82) is 0 Å². The van der Waals surface area contributed by atoms with Gasteiger partial charge in [0.2, 0.25) is 0 Å². The molecule has 1 N–H and O–H groups in total. The zero-order valence-corrected chi connectivity index (χ0v) is 11.1. The molecule has 1 aromatic carbocycles. The Morgan fingerprint density at radius 1 is 1.37 bits per heavy atom. The molecule has 1 aliphatic heterocycles. The number of aromatic nitrogens is 2. The van der Waals surface area contributed by atoms with Crippen LogP contribution in [0.3, 0.4) is 0 Å². The molecule has 1 atom stereocenters. The fraction of sp³-hybridized carbons (Fsp3) is 0.308. The van der Waals surface area contributed by atoms with Crippen LogP contribution in [-0.2, 0) is 0 Å². The van der Waals surface area contributed by atoms with Crippen LogP contribution in [0.2, 0.25) is 0 Å². The third-order valence-corrected chi connectivity index (χ3v) is 3.82. The van der Waals surface area contributed by atoms with Crippen LogP contribution in [-0.4, -0.2) is 32.8 Å². The van der Waals surface area contributed by atoms with Crippen molar-refractivity contribution in [2.75, 3.05) is 18.4 Å². The standard InChI is InChI=1S/C13H14N4OS/c18-13(15-12-8-14-19-16-12)17-7-6-11(9-17)10-4-2-1-3-5-10/h1-5,8,11H,6-7,9H2,(H,15,16,18). The summed E-state index contributed by atoms with van der Waals surface area (Å²) in [5.41, 5.74) is 1.30. The van der Waals surface area contributed by atoms with Gasteiger partial charge in [-0.05, 0) is 12.0 Å². The maximum Gasteiger partial charge on any atom is 0.323 e. The molecule has 1 aliphatic rings. The Morgan fingerprint density at radius 2 is 2.21 bits per heavy atom. The molecule has 2 amide bonds. The summed E-state index contributed by atoms with van der Waals surface area (Å²) >= 11 is 1.09. The summed E-state index contributed by atoms with van der Waals surface area (Å²) in [6.45, 7) is 1.54. The van der Waals surface area contributed by atoms with E-state index in [4.69, 9.17) is 0 Å². The fourth-order valence-corrected chi connectivity index (χ4v) is 2.73. The molecular formula is C13H14N4OS. The average molecular weight is 274 g/mol. The summed E-state index contributed by atoms with van der Waals surface area (Å²) in [7, 11) is 0. The molecule has 0 bridgehead atoms. The van der Waals surface area contributed by atoms with Gasteiger partial charge in [-0.2, -0.15) is 8.75 Å². The lowest BCUT2D eigenvalue weighted by Crippen LogP contribution is -2.32. The lowest BCUT2D eigenvalue weighted by atomic mass is 9.99. The summed E-state index contributed by atoms with van der Waals surface area (Å²) in [6.07, 6.45) is 2.57. The normalized spacial score (nSPS) is 18.5. The summed E-state index contributed by atoms with van der Waals surface area (Å²) < 4.78 is 7.84. The van der Waals surface area contributed by atoms with E-state index in [0.29, 0.717) is 11.7 Å². The number of urea groups is 1. The maximum atomic E-state index is 12.0. The van der Waals surface area contributed by atoms with E-state index in [9.17, 15) is 4.79 Å². The number of rotatable bonds is 2. The number of likely N-dealkylation sites (tertiary alicyclic amines) is 1. The van der Waals surface area contributed by atoms with E-state index in [0.717, 1.165) is 31.2 Å². The van der Waals surface area contributed by atoms with Crippen molar-refractivity contribution in [3.8, 4) is 0 Å². The first-order chi connectivity index (χ1) is 9.33. The molecule has 19 heavy (non-hydrogen) atoms. The number of hydrogen-bond donors (Lipinski definition) is 1. The predicted octanol–water partition coefficient (Wildman–Crippen LogP) is 2.56. The van der Waals surface area contributed by atoms with E-state index in [2.05, 4.69) is 26.2 Å². The SMILES string of the molecule is O=C(Nc1cnsn1)N1CCC(c2ccccc2)C1. The van der Waals surface area contributed by atoms with Gasteiger partial charge in [-0.1, -0.05) is 30.3 Å². The molecule has 1 unspecified atom stereocenters. The molecule has 98 valence electrons. The Bertz CT molecular complexity index is 543. The van der Waals surface area contributed by atoms with E-state index in [-0.39, 0.29) is 6.03 Å². The summed E-state index contributed by atoms with van der Waals surface area (Å²) in [5.74, 6) is 0.957. The van der Waals surface area contributed by atoms with Gasteiger partial charge in [0.25, 0.3) is 0 Å². The van der Waals surface area contributed by atoms with Gasteiger partial charge in [-0.25, -0.2) is 4.79 Å². The molecular weight excluding hydrogens is 260 g/mol. The van der Waals surface area contributed by atoms with Crippen LogP contribution in [0, 0.1) is 0 Å². The number of carbonyl (C=O) groups is 1. The van der Waals surface area contributed by atoms with E-state index in [1.165, 1.54) is 5.56 Å². The highest BCUT2D eigenvalue weighted by Crippen LogP contribution is 2.27. The fourth-order valence-electron chi connectivity index (χ4n) is 2.35. The van der Waals surface area contributed by atoms with Crippen LogP contribution in [0.15, 0.2) is 36.5 Å². The van der Waals surface area contributed by atoms with Crippen molar-refractivity contribution < 1.29 is 4.79 Å². The lowest BCUT2D eigenvalue weighted by Gasteiger charge is -2.16. The van der Waals surface area contributed by atoms with Crippen LogP contribution >= 0.6 is 11.7 Å². The largest absolute Gasteiger partial charge is 0.324 e. The molecule has 0 spiro atoms. The lowest BCUT2D eigenvalue weighted by molar-refractivity contribution is 0.222. The maximum absolute atomic E-state index is 12.0. The zero-order valence-electron chi connectivity index (χ0n) is 10.3. The second kappa shape index (κ2) is 5.36. The molecule has 2 aromatic rings. The van der Waals surface area contributed by atoms with Gasteiger partial charge in [-0.15, -0.1) is 0 Å².